The van der Waals surface area contributed by atoms with Crippen molar-refractivity contribution in [3.05, 3.63) is 65.7 Å². The first-order valence-corrected chi connectivity index (χ1v) is 7.17. The molecular weight excluding hydrogens is 292 g/mol. The summed E-state index contributed by atoms with van der Waals surface area (Å²) in [7, 11) is 1.43. The Balaban J connectivity index is 1.95. The van der Waals surface area contributed by atoms with E-state index in [1.54, 1.807) is 24.3 Å². The molecule has 1 amide bonds. The molecule has 5 nitrogen and oxygen atoms in total. The molecule has 0 unspecified atom stereocenters. The van der Waals surface area contributed by atoms with Gasteiger partial charge in [-0.05, 0) is 23.3 Å². The fourth-order valence-electron chi connectivity index (χ4n) is 2.02. The second-order valence-electron chi connectivity index (χ2n) is 4.91. The van der Waals surface area contributed by atoms with Gasteiger partial charge in [-0.25, -0.2) is 0 Å². The minimum atomic E-state index is -0.708. The Morgan fingerprint density at radius 3 is 2.48 bits per heavy atom. The van der Waals surface area contributed by atoms with Crippen LogP contribution in [0.15, 0.2) is 54.6 Å². The van der Waals surface area contributed by atoms with E-state index in [0.29, 0.717) is 17.9 Å². The fraction of sp³-hybridized carbons (Fsp3) is 0.222. The third-order valence-corrected chi connectivity index (χ3v) is 3.17. The molecule has 0 heterocycles. The van der Waals surface area contributed by atoms with Crippen LogP contribution in [0.2, 0.25) is 0 Å². The molecule has 0 aliphatic rings. The summed E-state index contributed by atoms with van der Waals surface area (Å²) >= 11 is 0. The average Bonchev–Trinajstić information content (AvgIpc) is 2.59. The minimum absolute atomic E-state index is 0.0730. The van der Waals surface area contributed by atoms with Gasteiger partial charge in [0, 0.05) is 7.11 Å². The molecule has 0 saturated heterocycles. The number of nitriles is 1. The van der Waals surface area contributed by atoms with E-state index in [0.717, 1.165) is 5.56 Å². The van der Waals surface area contributed by atoms with Crippen LogP contribution in [0.1, 0.15) is 17.2 Å². The van der Waals surface area contributed by atoms with Crippen LogP contribution in [-0.2, 0) is 16.1 Å². The Morgan fingerprint density at radius 2 is 1.87 bits per heavy atom. The lowest BCUT2D eigenvalue weighted by molar-refractivity contribution is -0.125. The van der Waals surface area contributed by atoms with E-state index in [9.17, 15) is 10.1 Å². The standard InChI is InChI=1S/C18H18N2O3/c1-22-13-18(21)20-17(11-19)15-7-9-16(10-8-15)23-12-14-5-3-2-4-6-14/h2-10,17H,12-13H2,1H3,(H,20,21)/t17-/m0/s1. The van der Waals surface area contributed by atoms with Gasteiger partial charge < -0.3 is 14.8 Å². The van der Waals surface area contributed by atoms with Crippen molar-refractivity contribution in [2.75, 3.05) is 13.7 Å². The number of amides is 1. The van der Waals surface area contributed by atoms with Crippen molar-refractivity contribution in [3.8, 4) is 11.8 Å². The summed E-state index contributed by atoms with van der Waals surface area (Å²) in [4.78, 5) is 11.5. The third-order valence-electron chi connectivity index (χ3n) is 3.17. The Hall–Kier alpha value is -2.84. The molecule has 0 aliphatic carbocycles. The van der Waals surface area contributed by atoms with Crippen LogP contribution in [0.25, 0.3) is 0 Å². The molecule has 0 radical (unpaired) electrons. The number of ether oxygens (including phenoxy) is 2. The molecule has 2 aromatic rings. The van der Waals surface area contributed by atoms with Crippen molar-refractivity contribution < 1.29 is 14.3 Å². The van der Waals surface area contributed by atoms with Gasteiger partial charge in [0.25, 0.3) is 0 Å². The zero-order chi connectivity index (χ0) is 16.5. The van der Waals surface area contributed by atoms with Gasteiger partial charge in [-0.15, -0.1) is 0 Å². The number of nitrogens with one attached hydrogen (secondary N) is 1. The lowest BCUT2D eigenvalue weighted by atomic mass is 10.1. The first kappa shape index (κ1) is 16.5. The van der Waals surface area contributed by atoms with E-state index in [1.807, 2.05) is 30.3 Å². The highest BCUT2D eigenvalue weighted by Crippen LogP contribution is 2.18. The SMILES string of the molecule is COCC(=O)N[C@@H](C#N)c1ccc(OCc2ccccc2)cc1. The lowest BCUT2D eigenvalue weighted by Gasteiger charge is -2.12. The molecule has 23 heavy (non-hydrogen) atoms. The Bertz CT molecular complexity index is 663. The maximum Gasteiger partial charge on any atom is 0.247 e. The molecule has 0 spiro atoms. The molecule has 1 N–H and O–H groups in total. The average molecular weight is 310 g/mol. The van der Waals surface area contributed by atoms with Crippen molar-refractivity contribution in [2.45, 2.75) is 12.6 Å². The second kappa shape index (κ2) is 8.57. The molecule has 0 bridgehead atoms. The highest BCUT2D eigenvalue weighted by atomic mass is 16.5. The van der Waals surface area contributed by atoms with Gasteiger partial charge in [0.05, 0.1) is 6.07 Å². The van der Waals surface area contributed by atoms with Gasteiger partial charge in [-0.2, -0.15) is 5.26 Å². The van der Waals surface area contributed by atoms with Crippen LogP contribution in [0.4, 0.5) is 0 Å². The molecule has 2 rings (SSSR count). The largest absolute Gasteiger partial charge is 0.489 e. The molecule has 118 valence electrons. The zero-order valence-electron chi connectivity index (χ0n) is 12.9. The van der Waals surface area contributed by atoms with Crippen LogP contribution in [-0.4, -0.2) is 19.6 Å². The summed E-state index contributed by atoms with van der Waals surface area (Å²) in [5.74, 6) is 0.376. The zero-order valence-corrected chi connectivity index (χ0v) is 12.9. The van der Waals surface area contributed by atoms with Gasteiger partial charge in [0.15, 0.2) is 0 Å². The molecule has 0 saturated carbocycles. The first-order valence-electron chi connectivity index (χ1n) is 7.17. The molecular formula is C18H18N2O3. The minimum Gasteiger partial charge on any atom is -0.489 e. The molecule has 1 atom stereocenters. The summed E-state index contributed by atoms with van der Waals surface area (Å²) in [6.45, 7) is 0.406. The van der Waals surface area contributed by atoms with Gasteiger partial charge in [0.1, 0.15) is 25.0 Å². The molecule has 0 fully saturated rings. The van der Waals surface area contributed by atoms with Gasteiger partial charge in [0.2, 0.25) is 5.91 Å². The summed E-state index contributed by atoms with van der Waals surface area (Å²) in [5.41, 5.74) is 1.78. The Morgan fingerprint density at radius 1 is 1.17 bits per heavy atom. The van der Waals surface area contributed by atoms with Gasteiger partial charge in [-0.1, -0.05) is 42.5 Å². The van der Waals surface area contributed by atoms with E-state index in [2.05, 4.69) is 11.4 Å². The van der Waals surface area contributed by atoms with Crippen molar-refractivity contribution in [1.82, 2.24) is 5.32 Å². The number of methoxy groups -OCH3 is 1. The van der Waals surface area contributed by atoms with Crippen LogP contribution in [0.3, 0.4) is 0 Å². The lowest BCUT2D eigenvalue weighted by Crippen LogP contribution is -2.30. The number of rotatable bonds is 7. The smallest absolute Gasteiger partial charge is 0.247 e. The van der Waals surface area contributed by atoms with Crippen LogP contribution < -0.4 is 10.1 Å². The maximum absolute atomic E-state index is 11.5. The number of carbonyl (C=O) groups is 1. The van der Waals surface area contributed by atoms with E-state index < -0.39 is 6.04 Å². The monoisotopic (exact) mass is 310 g/mol. The van der Waals surface area contributed by atoms with Gasteiger partial charge in [-0.3, -0.25) is 4.79 Å². The van der Waals surface area contributed by atoms with E-state index in [1.165, 1.54) is 7.11 Å². The number of hydrogen-bond acceptors (Lipinski definition) is 4. The fourth-order valence-corrected chi connectivity index (χ4v) is 2.02. The molecule has 0 aliphatic heterocycles. The predicted molar refractivity (Wildman–Crippen MR) is 85.6 cm³/mol. The Kier molecular flexibility index (Phi) is 6.16. The van der Waals surface area contributed by atoms with Crippen LogP contribution >= 0.6 is 0 Å². The summed E-state index contributed by atoms with van der Waals surface area (Å²) in [5, 5.41) is 11.8. The second-order valence-corrected chi connectivity index (χ2v) is 4.91. The van der Waals surface area contributed by atoms with Crippen molar-refractivity contribution in [3.63, 3.8) is 0 Å². The highest BCUT2D eigenvalue weighted by molar-refractivity contribution is 5.78. The molecule has 0 aromatic heterocycles. The van der Waals surface area contributed by atoms with Crippen molar-refractivity contribution >= 4 is 5.91 Å². The first-order chi connectivity index (χ1) is 11.2. The van der Waals surface area contributed by atoms with Crippen LogP contribution in [0.5, 0.6) is 5.75 Å². The third kappa shape index (κ3) is 5.13. The van der Waals surface area contributed by atoms with E-state index >= 15 is 0 Å². The van der Waals surface area contributed by atoms with Gasteiger partial charge >= 0.3 is 0 Å². The number of nitrogens with zero attached hydrogens (tertiary/aromatic N) is 1. The quantitative estimate of drug-likeness (QED) is 0.853. The van der Waals surface area contributed by atoms with Crippen LogP contribution in [0, 0.1) is 11.3 Å². The topological polar surface area (TPSA) is 71.3 Å². The van der Waals surface area contributed by atoms with E-state index in [-0.39, 0.29) is 12.5 Å². The molecule has 5 heteroatoms. The number of benzene rings is 2. The van der Waals surface area contributed by atoms with Crippen molar-refractivity contribution in [2.24, 2.45) is 0 Å². The molecule has 2 aromatic carbocycles. The van der Waals surface area contributed by atoms with Crippen molar-refractivity contribution in [1.29, 1.82) is 5.26 Å². The maximum atomic E-state index is 11.5. The number of carbonyl (C=O) groups excluding carboxylic acids is 1. The van der Waals surface area contributed by atoms with E-state index in [4.69, 9.17) is 9.47 Å². The summed E-state index contributed by atoms with van der Waals surface area (Å²) in [6.07, 6.45) is 0. The highest BCUT2D eigenvalue weighted by Gasteiger charge is 2.13. The predicted octanol–water partition coefficient (Wildman–Crippen LogP) is 2.59. The normalized spacial score (nSPS) is 11.3. The number of hydrogen-bond donors (Lipinski definition) is 1. The summed E-state index contributed by atoms with van der Waals surface area (Å²) in [6, 6.07) is 18.3. The summed E-state index contributed by atoms with van der Waals surface area (Å²) < 4.78 is 10.4. The Labute approximate surface area is 135 Å².